The number of hydrogen-bond donors (Lipinski definition) is 20. The molecule has 17 amide bonds. The summed E-state index contributed by atoms with van der Waals surface area (Å²) >= 11 is 0. The van der Waals surface area contributed by atoms with E-state index in [1.165, 1.54) is 71.8 Å². The minimum Gasteiger partial charge on any atom is -0.508 e. The van der Waals surface area contributed by atoms with E-state index in [9.17, 15) is 73.2 Å². The van der Waals surface area contributed by atoms with Crippen LogP contribution in [0.15, 0.2) is 97.7 Å². The number of aliphatic hydroxyl groups excluding tert-OH is 2. The molecule has 3 aromatic heterocycles. The third-order valence-corrected chi connectivity index (χ3v) is 23.5. The van der Waals surface area contributed by atoms with Crippen LogP contribution in [0.2, 0.25) is 0 Å². The molecule has 9 rings (SSSR count). The number of nitrogens with zero attached hydrogens (tertiary/aromatic N) is 6. The third-order valence-electron chi connectivity index (χ3n) is 23.5. The number of phenolic OH excluding ortho intramolecular Hbond substituents is 1. The molecule has 6 aromatic rings. The van der Waals surface area contributed by atoms with Crippen LogP contribution in [0.4, 0.5) is 0 Å². The molecule has 708 valence electrons. The van der Waals surface area contributed by atoms with Crippen molar-refractivity contribution in [2.45, 2.75) is 221 Å². The lowest BCUT2D eigenvalue weighted by atomic mass is 10.00. The zero-order valence-electron chi connectivity index (χ0n) is 73.9. The number of unbranched alkanes of at least 4 members (excludes halogenated alkanes) is 2. The largest absolute Gasteiger partial charge is 0.508 e. The van der Waals surface area contributed by atoms with E-state index in [0.29, 0.717) is 64.2 Å². The van der Waals surface area contributed by atoms with Crippen molar-refractivity contribution >= 4 is 128 Å². The summed E-state index contributed by atoms with van der Waals surface area (Å²) in [5.41, 5.74) is 13.8. The molecule has 44 heteroatoms. The van der Waals surface area contributed by atoms with E-state index in [1.54, 1.807) is 60.9 Å². The van der Waals surface area contributed by atoms with Gasteiger partial charge < -0.3 is 130 Å². The van der Waals surface area contributed by atoms with Crippen LogP contribution in [0.1, 0.15) is 127 Å². The fourth-order valence-electron chi connectivity index (χ4n) is 16.0. The van der Waals surface area contributed by atoms with Gasteiger partial charge in [-0.15, -0.1) is 0 Å². The van der Waals surface area contributed by atoms with E-state index in [-0.39, 0.29) is 62.9 Å². The smallest absolute Gasteiger partial charge is 0.305 e. The summed E-state index contributed by atoms with van der Waals surface area (Å²) in [5, 5.41) is 72.4. The molecule has 22 N–H and O–H groups in total. The number of carboxylic acids is 1. The highest BCUT2D eigenvalue weighted by atomic mass is 16.4. The van der Waals surface area contributed by atoms with Crippen LogP contribution in [0.3, 0.4) is 0 Å². The van der Waals surface area contributed by atoms with Crippen molar-refractivity contribution in [1.29, 1.82) is 0 Å². The van der Waals surface area contributed by atoms with E-state index in [2.05, 4.69) is 78.4 Å². The van der Waals surface area contributed by atoms with E-state index in [0.717, 1.165) is 24.5 Å². The van der Waals surface area contributed by atoms with Crippen molar-refractivity contribution < 1.29 is 107 Å². The molecule has 0 saturated carbocycles. The summed E-state index contributed by atoms with van der Waals surface area (Å²) in [6.45, 7) is 2.22. The zero-order chi connectivity index (χ0) is 95.6. The molecule has 3 aromatic carbocycles. The number of carbonyl (C=O) groups is 18. The fourth-order valence-corrected chi connectivity index (χ4v) is 16.0. The van der Waals surface area contributed by atoms with Crippen LogP contribution in [-0.4, -0.2) is 322 Å². The Morgan fingerprint density at radius 1 is 0.534 bits per heavy atom. The summed E-state index contributed by atoms with van der Waals surface area (Å²) in [5.74, 6) is -18.7. The monoisotopic (exact) mass is 1820 g/mol. The predicted octanol–water partition coefficient (Wildman–Crippen LogP) is -4.50. The average molecular weight is 1820 g/mol. The number of fused-ring (bicyclic) bond motifs is 4. The number of hydrogen-bond acceptors (Lipinski definition) is 23. The van der Waals surface area contributed by atoms with Crippen molar-refractivity contribution in [2.75, 3.05) is 60.5 Å². The Morgan fingerprint density at radius 3 is 1.67 bits per heavy atom. The number of H-pyrrole nitrogens is 3. The molecule has 131 heavy (non-hydrogen) atoms. The molecule has 3 aliphatic rings. The highest BCUT2D eigenvalue weighted by Gasteiger charge is 2.47. The van der Waals surface area contributed by atoms with Crippen LogP contribution in [0, 0.1) is 0 Å². The third kappa shape index (κ3) is 27.3. The van der Waals surface area contributed by atoms with Gasteiger partial charge in [-0.05, 0) is 86.9 Å². The summed E-state index contributed by atoms with van der Waals surface area (Å²) in [4.78, 5) is 278. The maximum Gasteiger partial charge on any atom is 0.305 e. The minimum absolute atomic E-state index is 0.00420. The van der Waals surface area contributed by atoms with Gasteiger partial charge in [0.1, 0.15) is 90.3 Å². The van der Waals surface area contributed by atoms with E-state index < -0.39 is 262 Å². The summed E-state index contributed by atoms with van der Waals surface area (Å²) in [6, 6.07) is -3.38. The molecule has 3 aliphatic heterocycles. The molecule has 0 spiro atoms. The van der Waals surface area contributed by atoms with E-state index in [1.807, 2.05) is 13.8 Å². The highest BCUT2D eigenvalue weighted by molar-refractivity contribution is 6.02. The number of carbonyl (C=O) groups excluding carboxylic acids is 17. The Balaban J connectivity index is 1.08. The van der Waals surface area contributed by atoms with Gasteiger partial charge in [0.05, 0.1) is 38.5 Å². The summed E-state index contributed by atoms with van der Waals surface area (Å²) < 4.78 is 0. The number of aliphatic hydroxyl groups is 2. The van der Waals surface area contributed by atoms with Crippen LogP contribution in [0.25, 0.3) is 21.8 Å². The number of para-hydroxylation sites is 2. The molecule has 0 bridgehead atoms. The Labute approximate surface area is 753 Å². The van der Waals surface area contributed by atoms with Crippen LogP contribution in [-0.2, 0) is 112 Å². The maximum atomic E-state index is 15.6. The second-order valence-corrected chi connectivity index (χ2v) is 33.1. The van der Waals surface area contributed by atoms with Crippen LogP contribution in [0.5, 0.6) is 5.75 Å². The number of aliphatic carboxylic acids is 1. The standard InChI is InChI=1S/C87H118N22O22/c1-8-10-21-66-80(124)96-46(3)74(118)103-64(76(120)94-41-71(89)114)40-90-42-72(115)97-61(31-48-24-26-52(111)27-25-48)83(127)105(5)47(4)75(119)101-63(36-73(116)117)86(130)108-30-16-23-67(108)81(125)100-60(34-51-39-91-45-95-51)78(122)98-58(28-29-70(88)113)85(129)109-43-53(112)35-69(109)82(126)99-59(32-49-37-92-56-19-14-12-17-54(49)56)77(121)104-65(44-110)79(123)102-62(33-50-38-93-57-20-15-13-18-55(50)57)84(128)107(7)68(22-11-9-2)87(131)106(66)6/h12-15,17-20,24-27,37-39,45-47,53,58-69,90,92-93,110-112H,8-11,16,21-23,28-36,40-44H2,1-7H3,(H2,88,113)(H2,89,114)(H,91,95)(H,94,120)(H,96,124)(H,97,115)(H,98,122)(H,99,126)(H,100,125)(H,101,119)(H,102,123)(H,103,118)(H,104,121)(H,116,117)/t46-,47-,53+,58-,59-,60-,61-,62-,63-,64-,65-,66-,67-,68-,69-/m0/s1. The number of nitrogens with two attached hydrogens (primary N) is 2. The first-order valence-electron chi connectivity index (χ1n) is 43.4. The van der Waals surface area contributed by atoms with Crippen LogP contribution >= 0.6 is 0 Å². The number of likely N-dealkylation sites (N-methyl/N-ethyl adjacent to an activating group) is 3. The van der Waals surface area contributed by atoms with Crippen molar-refractivity contribution in [3.8, 4) is 5.75 Å². The highest BCUT2D eigenvalue weighted by Crippen LogP contribution is 2.28. The molecule has 3 fully saturated rings. The van der Waals surface area contributed by atoms with Gasteiger partial charge in [0.15, 0.2) is 0 Å². The predicted molar refractivity (Wildman–Crippen MR) is 469 cm³/mol. The van der Waals surface area contributed by atoms with E-state index in [4.69, 9.17) is 11.5 Å². The van der Waals surface area contributed by atoms with Crippen molar-refractivity contribution in [3.05, 3.63) is 120 Å². The van der Waals surface area contributed by atoms with Crippen molar-refractivity contribution in [2.24, 2.45) is 11.5 Å². The number of carboxylic acid groups (broad SMARTS) is 1. The molecular weight excluding hydrogens is 1710 g/mol. The van der Waals surface area contributed by atoms with Gasteiger partial charge >= 0.3 is 5.97 Å². The Morgan fingerprint density at radius 2 is 1.08 bits per heavy atom. The Bertz CT molecular complexity index is 5120. The second kappa shape index (κ2) is 47.4. The maximum absolute atomic E-state index is 15.6. The van der Waals surface area contributed by atoms with E-state index >= 15 is 33.6 Å². The van der Waals surface area contributed by atoms with Gasteiger partial charge in [-0.25, -0.2) is 4.98 Å². The Hall–Kier alpha value is -13.9. The molecule has 44 nitrogen and oxygen atoms in total. The number of nitrogens with one attached hydrogen (secondary N) is 14. The normalized spacial score (nSPS) is 25.1. The van der Waals surface area contributed by atoms with Gasteiger partial charge in [0.2, 0.25) is 100 Å². The van der Waals surface area contributed by atoms with Crippen LogP contribution < -0.4 is 70.0 Å². The number of rotatable bonds is 23. The number of aromatic hydroxyl groups is 1. The number of amides is 17. The van der Waals surface area contributed by atoms with Gasteiger partial charge in [0, 0.05) is 125 Å². The first kappa shape index (κ1) is 101. The zero-order valence-corrected chi connectivity index (χ0v) is 73.9. The Kier molecular flexibility index (Phi) is 36.5. The number of benzene rings is 3. The molecular formula is C87H118N22O22. The number of aromatic amines is 3. The fraction of sp³-hybridized carbons (Fsp3) is 0.506. The van der Waals surface area contributed by atoms with Crippen molar-refractivity contribution in [3.63, 3.8) is 0 Å². The lowest BCUT2D eigenvalue weighted by molar-refractivity contribution is -0.149. The lowest BCUT2D eigenvalue weighted by Crippen LogP contribution is -2.61. The molecule has 3 saturated heterocycles. The minimum atomic E-state index is -1.94. The molecule has 15 atom stereocenters. The number of primary amides is 2. The van der Waals surface area contributed by atoms with Gasteiger partial charge in [-0.1, -0.05) is 88.1 Å². The topological polar surface area (TPSA) is 649 Å². The summed E-state index contributed by atoms with van der Waals surface area (Å²) in [7, 11) is 3.83. The first-order chi connectivity index (χ1) is 62.4. The lowest BCUT2D eigenvalue weighted by Gasteiger charge is -2.36. The quantitative estimate of drug-likeness (QED) is 0.0287. The second-order valence-electron chi connectivity index (χ2n) is 33.1. The first-order valence-corrected chi connectivity index (χ1v) is 43.4. The number of phenols is 1. The number of aromatic nitrogens is 4. The van der Waals surface area contributed by atoms with Crippen molar-refractivity contribution in [1.82, 2.24) is 103 Å². The molecule has 6 heterocycles. The van der Waals surface area contributed by atoms with Gasteiger partial charge in [-0.3, -0.25) is 86.3 Å². The van der Waals surface area contributed by atoms with Gasteiger partial charge in [0.25, 0.3) is 0 Å². The molecule has 0 unspecified atom stereocenters. The SMILES string of the molecule is CCCC[C@H]1C(=O)N(C)[C@@H](CCCC)C(=O)N[C@@H](C)C(=O)N[C@H](C(=O)NCC(N)=O)CNCC(=O)N[C@@H](Cc2ccc(O)cc2)C(=O)N(C)[C@@H](C)C(=O)N[C@@H](CC(=O)O)C(=O)N2CCC[C@H]2C(=O)N[C@@H](Cc2cnc[nH]2)C(=O)N[C@@H](CCC(N)=O)C(=O)N2C[C@H](O)C[C@H]2C(=O)N[C@@H](Cc2c[nH]c3ccccc23)C(=O)N[C@@H](CO)C(=O)N[C@@H](Cc2c[nH]c3ccccc23)C(=O)N1C. The molecule has 0 aliphatic carbocycles. The summed E-state index contributed by atoms with van der Waals surface area (Å²) in [6.07, 6.45) is 1.96. The average Bonchev–Trinajstić information content (AvgIpc) is 1.62. The molecule has 0 radical (unpaired) electrons. The number of imidazole rings is 1. The van der Waals surface area contributed by atoms with Gasteiger partial charge in [-0.2, -0.15) is 0 Å².